The number of hydrogen-bond donors (Lipinski definition) is 2. The van der Waals surface area contributed by atoms with Crippen LogP contribution in [0, 0.1) is 5.41 Å². The van der Waals surface area contributed by atoms with E-state index in [1.165, 1.54) is 12.0 Å². The van der Waals surface area contributed by atoms with Crippen molar-refractivity contribution in [2.24, 2.45) is 5.41 Å². The summed E-state index contributed by atoms with van der Waals surface area (Å²) in [6.45, 7) is 0.370. The highest BCUT2D eigenvalue weighted by Gasteiger charge is 2.66. The topological polar surface area (TPSA) is 99.2 Å². The molecule has 140 valence electrons. The molecule has 0 spiro atoms. The Bertz CT molecular complexity index is 588. The number of β-amino-alcohol motifs (C(OH)–C–C–N with tert-alkyl or cyclic N) is 1. The zero-order chi connectivity index (χ0) is 18.2. The van der Waals surface area contributed by atoms with Gasteiger partial charge >= 0.3 is 17.8 Å². The van der Waals surface area contributed by atoms with Crippen LogP contribution >= 0.6 is 0 Å². The Labute approximate surface area is 145 Å². The number of rotatable bonds is 1. The van der Waals surface area contributed by atoms with Crippen molar-refractivity contribution >= 4 is 17.8 Å². The highest BCUT2D eigenvalue weighted by molar-refractivity contribution is 6.35. The van der Waals surface area contributed by atoms with E-state index in [1.54, 1.807) is 0 Å². The van der Waals surface area contributed by atoms with Gasteiger partial charge in [-0.15, -0.1) is 0 Å². The first-order valence-corrected chi connectivity index (χ1v) is 8.57. The fraction of sp³-hybridized carbons (Fsp3) is 0.812. The molecule has 3 atom stereocenters. The average Bonchev–Trinajstić information content (AvgIpc) is 2.93. The maximum atomic E-state index is 15.5. The number of likely N-dealkylation sites (tertiary alicyclic amines) is 2. The number of carbonyl (C=O) groups is 3. The summed E-state index contributed by atoms with van der Waals surface area (Å²) in [5.74, 6) is -2.27. The van der Waals surface area contributed by atoms with Gasteiger partial charge in [0.15, 0.2) is 5.67 Å². The monoisotopic (exact) mass is 357 g/mol. The van der Waals surface area contributed by atoms with E-state index in [4.69, 9.17) is 4.74 Å². The summed E-state index contributed by atoms with van der Waals surface area (Å²) in [5, 5.41) is 12.6. The molecule has 0 saturated carbocycles. The molecule has 0 radical (unpaired) electrons. The van der Waals surface area contributed by atoms with Crippen LogP contribution in [0.2, 0.25) is 0 Å². The van der Waals surface area contributed by atoms with E-state index in [0.29, 0.717) is 25.9 Å². The summed E-state index contributed by atoms with van der Waals surface area (Å²) in [6.07, 6.45) is 0.761. The zero-order valence-electron chi connectivity index (χ0n) is 14.3. The van der Waals surface area contributed by atoms with Gasteiger partial charge in [0.2, 0.25) is 0 Å². The van der Waals surface area contributed by atoms with Crippen LogP contribution in [-0.4, -0.2) is 90.8 Å². The van der Waals surface area contributed by atoms with Gasteiger partial charge in [-0.1, -0.05) is 0 Å². The second-order valence-electron chi connectivity index (χ2n) is 7.17. The Morgan fingerprint density at radius 1 is 1.24 bits per heavy atom. The minimum Gasteiger partial charge on any atom is -0.468 e. The molecule has 3 heterocycles. The summed E-state index contributed by atoms with van der Waals surface area (Å²) in [4.78, 5) is 39.8. The SMILES string of the molecule is COC(=O)[C@@]12CCNC[C@]1(F)CN(C(=O)C(=O)N1CCC[C@H](O)C1)C2. The molecule has 0 aliphatic carbocycles. The smallest absolute Gasteiger partial charge is 0.317 e. The molecular formula is C16H24FN3O5. The van der Waals surface area contributed by atoms with E-state index in [1.807, 2.05) is 0 Å². The van der Waals surface area contributed by atoms with Crippen molar-refractivity contribution in [1.29, 1.82) is 0 Å². The second kappa shape index (κ2) is 6.53. The van der Waals surface area contributed by atoms with E-state index in [0.717, 1.165) is 4.90 Å². The number of aliphatic hydroxyl groups is 1. The number of halogens is 1. The van der Waals surface area contributed by atoms with E-state index in [9.17, 15) is 19.5 Å². The summed E-state index contributed by atoms with van der Waals surface area (Å²) in [6, 6.07) is 0. The van der Waals surface area contributed by atoms with Crippen LogP contribution in [-0.2, 0) is 19.1 Å². The Kier molecular flexibility index (Phi) is 4.72. The normalized spacial score (nSPS) is 35.2. The number of ether oxygens (including phenoxy) is 1. The van der Waals surface area contributed by atoms with Crippen LogP contribution in [0.3, 0.4) is 0 Å². The van der Waals surface area contributed by atoms with Crippen molar-refractivity contribution in [2.45, 2.75) is 31.0 Å². The van der Waals surface area contributed by atoms with Crippen molar-refractivity contribution in [3.05, 3.63) is 0 Å². The van der Waals surface area contributed by atoms with E-state index in [2.05, 4.69) is 5.32 Å². The first kappa shape index (κ1) is 18.1. The van der Waals surface area contributed by atoms with Crippen LogP contribution in [0.15, 0.2) is 0 Å². The van der Waals surface area contributed by atoms with Gasteiger partial charge in [0.05, 0.1) is 19.8 Å². The minimum atomic E-state index is -1.96. The molecule has 3 aliphatic heterocycles. The summed E-state index contributed by atoms with van der Waals surface area (Å²) < 4.78 is 20.3. The van der Waals surface area contributed by atoms with Gasteiger partial charge in [-0.3, -0.25) is 14.4 Å². The van der Waals surface area contributed by atoms with Crippen LogP contribution < -0.4 is 5.32 Å². The number of fused-ring (bicyclic) bond motifs is 1. The number of amides is 2. The van der Waals surface area contributed by atoms with Crippen molar-refractivity contribution in [3.63, 3.8) is 0 Å². The Balaban J connectivity index is 1.78. The maximum absolute atomic E-state index is 15.5. The Morgan fingerprint density at radius 2 is 1.96 bits per heavy atom. The molecule has 25 heavy (non-hydrogen) atoms. The second-order valence-corrected chi connectivity index (χ2v) is 7.17. The third kappa shape index (κ3) is 2.89. The number of esters is 1. The summed E-state index contributed by atoms with van der Waals surface area (Å²) >= 11 is 0. The zero-order valence-corrected chi connectivity index (χ0v) is 14.3. The molecule has 8 nitrogen and oxygen atoms in total. The third-order valence-corrected chi connectivity index (χ3v) is 5.62. The fourth-order valence-corrected chi connectivity index (χ4v) is 4.19. The predicted molar refractivity (Wildman–Crippen MR) is 84.2 cm³/mol. The molecule has 2 N–H and O–H groups in total. The number of nitrogens with one attached hydrogen (secondary N) is 1. The minimum absolute atomic E-state index is 0.0670. The van der Waals surface area contributed by atoms with Crippen molar-refractivity contribution in [3.8, 4) is 0 Å². The van der Waals surface area contributed by atoms with Crippen molar-refractivity contribution in [2.75, 3.05) is 46.4 Å². The maximum Gasteiger partial charge on any atom is 0.317 e. The molecule has 3 aliphatic rings. The quantitative estimate of drug-likeness (QED) is 0.446. The number of methoxy groups -OCH3 is 1. The van der Waals surface area contributed by atoms with Gasteiger partial charge in [0, 0.05) is 26.2 Å². The third-order valence-electron chi connectivity index (χ3n) is 5.62. The molecule has 9 heteroatoms. The number of hydrogen-bond acceptors (Lipinski definition) is 6. The number of alkyl halides is 1. The lowest BCUT2D eigenvalue weighted by atomic mass is 9.71. The molecule has 3 saturated heterocycles. The van der Waals surface area contributed by atoms with Crippen molar-refractivity contribution in [1.82, 2.24) is 15.1 Å². The number of piperidine rings is 2. The lowest BCUT2D eigenvalue weighted by molar-refractivity contribution is -0.162. The summed E-state index contributed by atoms with van der Waals surface area (Å²) in [7, 11) is 1.20. The van der Waals surface area contributed by atoms with Gasteiger partial charge < -0.3 is 25.0 Å². The highest BCUT2D eigenvalue weighted by Crippen LogP contribution is 2.47. The molecule has 0 unspecified atom stereocenters. The molecule has 3 rings (SSSR count). The lowest BCUT2D eigenvalue weighted by Crippen LogP contribution is -2.60. The average molecular weight is 357 g/mol. The van der Waals surface area contributed by atoms with Crippen LogP contribution in [0.4, 0.5) is 4.39 Å². The number of aliphatic hydroxyl groups excluding tert-OH is 1. The standard InChI is InChI=1S/C16H24FN3O5/c1-25-14(24)15-4-5-18-8-16(15,17)10-20(9-15)13(23)12(22)19-6-2-3-11(21)7-19/h11,18,21H,2-10H2,1H3/t11-,15-,16-/m0/s1. The van der Waals surface area contributed by atoms with Crippen LogP contribution in [0.1, 0.15) is 19.3 Å². The fourth-order valence-electron chi connectivity index (χ4n) is 4.19. The van der Waals surface area contributed by atoms with E-state index < -0.39 is 35.0 Å². The molecule has 0 aromatic carbocycles. The van der Waals surface area contributed by atoms with Gasteiger partial charge in [0.25, 0.3) is 0 Å². The van der Waals surface area contributed by atoms with Gasteiger partial charge in [-0.2, -0.15) is 0 Å². The van der Waals surface area contributed by atoms with Crippen molar-refractivity contribution < 1.29 is 28.6 Å². The molecule has 3 fully saturated rings. The molecular weight excluding hydrogens is 333 g/mol. The van der Waals surface area contributed by atoms with Gasteiger partial charge in [-0.05, 0) is 25.8 Å². The predicted octanol–water partition coefficient (Wildman–Crippen LogP) is -1.33. The Morgan fingerprint density at radius 3 is 2.64 bits per heavy atom. The highest BCUT2D eigenvalue weighted by atomic mass is 19.1. The Hall–Kier alpha value is -1.74. The number of nitrogens with zero attached hydrogens (tertiary/aromatic N) is 2. The van der Waals surface area contributed by atoms with E-state index >= 15 is 4.39 Å². The van der Waals surface area contributed by atoms with E-state index in [-0.39, 0.29) is 32.6 Å². The first-order chi connectivity index (χ1) is 11.8. The first-order valence-electron chi connectivity index (χ1n) is 8.57. The lowest BCUT2D eigenvalue weighted by Gasteiger charge is -2.40. The molecule has 0 aromatic rings. The van der Waals surface area contributed by atoms with Gasteiger partial charge in [-0.25, -0.2) is 4.39 Å². The summed E-state index contributed by atoms with van der Waals surface area (Å²) in [5.41, 5.74) is -3.40. The molecule has 0 bridgehead atoms. The molecule has 2 amide bonds. The number of carbonyl (C=O) groups excluding carboxylic acids is 3. The molecule has 0 aromatic heterocycles. The largest absolute Gasteiger partial charge is 0.468 e. The van der Waals surface area contributed by atoms with Gasteiger partial charge in [0.1, 0.15) is 5.41 Å². The van der Waals surface area contributed by atoms with Crippen LogP contribution in [0.5, 0.6) is 0 Å². The van der Waals surface area contributed by atoms with Crippen LogP contribution in [0.25, 0.3) is 0 Å².